The first-order valence-corrected chi connectivity index (χ1v) is 7.91. The third-order valence-corrected chi connectivity index (χ3v) is 5.96. The van der Waals surface area contributed by atoms with E-state index in [1.165, 1.54) is 41.3 Å². The van der Waals surface area contributed by atoms with Crippen LogP contribution >= 0.6 is 11.3 Å². The Hall–Kier alpha value is -0.450. The highest BCUT2D eigenvalue weighted by atomic mass is 32.1. The number of aromatic nitrogens is 1. The molecule has 3 atom stereocenters. The van der Waals surface area contributed by atoms with E-state index in [0.29, 0.717) is 6.04 Å². The average molecular weight is 265 g/mol. The molecule has 0 aromatic carbocycles. The molecule has 1 aromatic rings. The van der Waals surface area contributed by atoms with Gasteiger partial charge in [-0.1, -0.05) is 12.8 Å². The molecule has 0 radical (unpaired) electrons. The summed E-state index contributed by atoms with van der Waals surface area (Å²) in [6.45, 7) is 4.25. The molecule has 100 valence electrons. The Morgan fingerprint density at radius 3 is 2.50 bits per heavy atom. The summed E-state index contributed by atoms with van der Waals surface area (Å²) in [5, 5.41) is 1.25. The first-order valence-electron chi connectivity index (χ1n) is 7.09. The largest absolute Gasteiger partial charge is 0.271 e. The lowest BCUT2D eigenvalue weighted by atomic mass is 10.0. The number of nitrogens with two attached hydrogens (primary N) is 1. The molecule has 3 nitrogen and oxygen atoms in total. The van der Waals surface area contributed by atoms with Crippen molar-refractivity contribution in [2.75, 3.05) is 0 Å². The fraction of sp³-hybridized carbons (Fsp3) is 0.786. The van der Waals surface area contributed by atoms with Crippen molar-refractivity contribution in [3.8, 4) is 0 Å². The Labute approximate surface area is 113 Å². The number of rotatable bonds is 4. The highest BCUT2D eigenvalue weighted by Crippen LogP contribution is 2.57. The van der Waals surface area contributed by atoms with Crippen LogP contribution in [-0.2, 0) is 6.42 Å². The molecule has 0 amide bonds. The van der Waals surface area contributed by atoms with E-state index >= 15 is 0 Å². The van der Waals surface area contributed by atoms with E-state index in [4.69, 9.17) is 5.84 Å². The Balaban J connectivity index is 1.66. The number of fused-ring (bicyclic) bond motifs is 1. The van der Waals surface area contributed by atoms with Gasteiger partial charge in [0, 0.05) is 17.3 Å². The van der Waals surface area contributed by atoms with Crippen LogP contribution in [0.3, 0.4) is 0 Å². The quantitative estimate of drug-likeness (QED) is 0.650. The predicted molar refractivity (Wildman–Crippen MR) is 75.3 cm³/mol. The molecule has 18 heavy (non-hydrogen) atoms. The van der Waals surface area contributed by atoms with Gasteiger partial charge in [0.15, 0.2) is 0 Å². The van der Waals surface area contributed by atoms with Gasteiger partial charge in [0.25, 0.3) is 0 Å². The molecule has 2 saturated carbocycles. The highest BCUT2D eigenvalue weighted by molar-refractivity contribution is 7.11. The molecule has 0 spiro atoms. The lowest BCUT2D eigenvalue weighted by Crippen LogP contribution is -2.39. The second-order valence-electron chi connectivity index (χ2n) is 5.92. The summed E-state index contributed by atoms with van der Waals surface area (Å²) < 4.78 is 0. The summed E-state index contributed by atoms with van der Waals surface area (Å²) in [4.78, 5) is 5.99. The Morgan fingerprint density at radius 2 is 2.00 bits per heavy atom. The Kier molecular flexibility index (Phi) is 3.43. The molecule has 3 unspecified atom stereocenters. The molecule has 0 bridgehead atoms. The number of hydrogen-bond acceptors (Lipinski definition) is 4. The Bertz CT molecular complexity index is 397. The van der Waals surface area contributed by atoms with E-state index in [1.807, 2.05) is 11.3 Å². The molecule has 2 aliphatic rings. The van der Waals surface area contributed by atoms with Gasteiger partial charge in [-0.3, -0.25) is 11.3 Å². The SMILES string of the molecule is Cc1nc(CC(NN)C2C3CCCCC32)sc1C. The molecule has 3 N–H and O–H groups in total. The van der Waals surface area contributed by atoms with E-state index in [0.717, 1.165) is 24.2 Å². The number of hydrazine groups is 1. The van der Waals surface area contributed by atoms with Gasteiger partial charge < -0.3 is 0 Å². The molecule has 2 aliphatic carbocycles. The molecule has 0 saturated heterocycles. The molecular formula is C14H23N3S. The average Bonchev–Trinajstić information content (AvgIpc) is 3.01. The molecule has 2 fully saturated rings. The van der Waals surface area contributed by atoms with Crippen molar-refractivity contribution in [1.29, 1.82) is 0 Å². The van der Waals surface area contributed by atoms with Crippen LogP contribution in [0.1, 0.15) is 41.3 Å². The van der Waals surface area contributed by atoms with Gasteiger partial charge in [0.05, 0.1) is 10.7 Å². The molecule has 4 heteroatoms. The van der Waals surface area contributed by atoms with Crippen LogP contribution in [0.15, 0.2) is 0 Å². The van der Waals surface area contributed by atoms with Crippen molar-refractivity contribution in [2.45, 2.75) is 52.0 Å². The van der Waals surface area contributed by atoms with Gasteiger partial charge in [-0.2, -0.15) is 0 Å². The van der Waals surface area contributed by atoms with Gasteiger partial charge in [-0.15, -0.1) is 11.3 Å². The molecule has 3 rings (SSSR count). The minimum atomic E-state index is 0.433. The van der Waals surface area contributed by atoms with E-state index in [-0.39, 0.29) is 0 Å². The van der Waals surface area contributed by atoms with Crippen LogP contribution in [0.5, 0.6) is 0 Å². The van der Waals surface area contributed by atoms with Crippen LogP contribution in [0.2, 0.25) is 0 Å². The van der Waals surface area contributed by atoms with Crippen molar-refractivity contribution >= 4 is 11.3 Å². The first-order chi connectivity index (χ1) is 8.70. The molecule has 1 aromatic heterocycles. The maximum absolute atomic E-state index is 5.79. The molecule has 1 heterocycles. The van der Waals surface area contributed by atoms with Gasteiger partial charge >= 0.3 is 0 Å². The minimum absolute atomic E-state index is 0.433. The minimum Gasteiger partial charge on any atom is -0.271 e. The van der Waals surface area contributed by atoms with Crippen molar-refractivity contribution in [3.63, 3.8) is 0 Å². The summed E-state index contributed by atoms with van der Waals surface area (Å²) in [6.07, 6.45) is 6.69. The fourth-order valence-corrected chi connectivity index (χ4v) is 4.76. The van der Waals surface area contributed by atoms with Gasteiger partial charge in [0.2, 0.25) is 0 Å². The monoisotopic (exact) mass is 265 g/mol. The van der Waals surface area contributed by atoms with E-state index in [9.17, 15) is 0 Å². The second-order valence-corrected chi connectivity index (χ2v) is 7.20. The first kappa shape index (κ1) is 12.6. The van der Waals surface area contributed by atoms with Crippen LogP contribution in [-0.4, -0.2) is 11.0 Å². The third-order valence-electron chi connectivity index (χ3n) is 4.87. The highest BCUT2D eigenvalue weighted by Gasteiger charge is 2.53. The summed E-state index contributed by atoms with van der Waals surface area (Å²) in [5.41, 5.74) is 4.24. The van der Waals surface area contributed by atoms with E-state index in [1.54, 1.807) is 0 Å². The van der Waals surface area contributed by atoms with E-state index in [2.05, 4.69) is 24.3 Å². The Morgan fingerprint density at radius 1 is 1.33 bits per heavy atom. The fourth-order valence-electron chi connectivity index (χ4n) is 3.77. The van der Waals surface area contributed by atoms with Crippen molar-refractivity contribution < 1.29 is 0 Å². The van der Waals surface area contributed by atoms with Crippen molar-refractivity contribution in [3.05, 3.63) is 15.6 Å². The lowest BCUT2D eigenvalue weighted by Gasteiger charge is -2.14. The number of thiazole rings is 1. The number of hydrogen-bond donors (Lipinski definition) is 2. The van der Waals surface area contributed by atoms with Gasteiger partial charge in [0.1, 0.15) is 0 Å². The summed E-state index contributed by atoms with van der Waals surface area (Å²) >= 11 is 1.83. The smallest absolute Gasteiger partial charge is 0.0947 e. The van der Waals surface area contributed by atoms with Crippen molar-refractivity contribution in [2.24, 2.45) is 23.6 Å². The number of nitrogens with zero attached hydrogens (tertiary/aromatic N) is 1. The topological polar surface area (TPSA) is 50.9 Å². The molecular weight excluding hydrogens is 242 g/mol. The van der Waals surface area contributed by atoms with Crippen LogP contribution in [0.4, 0.5) is 0 Å². The number of aryl methyl sites for hydroxylation is 2. The maximum Gasteiger partial charge on any atom is 0.0947 e. The normalized spacial score (nSPS) is 32.1. The maximum atomic E-state index is 5.79. The zero-order valence-electron chi connectivity index (χ0n) is 11.3. The summed E-state index contributed by atoms with van der Waals surface area (Å²) in [7, 11) is 0. The van der Waals surface area contributed by atoms with Gasteiger partial charge in [-0.05, 0) is 44.4 Å². The summed E-state index contributed by atoms with van der Waals surface area (Å²) in [6, 6.07) is 0.433. The van der Waals surface area contributed by atoms with Gasteiger partial charge in [-0.25, -0.2) is 4.98 Å². The standard InChI is InChI=1S/C14H23N3S/c1-8-9(2)18-13(16-8)7-12(17-15)14-10-5-3-4-6-11(10)14/h10-12,14,17H,3-7,15H2,1-2H3. The zero-order chi connectivity index (χ0) is 12.7. The van der Waals surface area contributed by atoms with Crippen LogP contribution < -0.4 is 11.3 Å². The zero-order valence-corrected chi connectivity index (χ0v) is 12.1. The van der Waals surface area contributed by atoms with Crippen LogP contribution in [0.25, 0.3) is 0 Å². The van der Waals surface area contributed by atoms with Crippen LogP contribution in [0, 0.1) is 31.6 Å². The molecule has 0 aliphatic heterocycles. The number of nitrogens with one attached hydrogen (secondary N) is 1. The summed E-state index contributed by atoms with van der Waals surface area (Å²) in [5.74, 6) is 8.49. The predicted octanol–water partition coefficient (Wildman–Crippen LogP) is 2.57. The lowest BCUT2D eigenvalue weighted by molar-refractivity contribution is 0.436. The van der Waals surface area contributed by atoms with Crippen molar-refractivity contribution in [1.82, 2.24) is 10.4 Å². The third kappa shape index (κ3) is 2.22. The van der Waals surface area contributed by atoms with E-state index < -0.39 is 0 Å². The second kappa shape index (κ2) is 4.91.